The number of carbonyl (C=O) groups excluding carboxylic acids is 1. The van der Waals surface area contributed by atoms with E-state index in [0.29, 0.717) is 12.6 Å². The second kappa shape index (κ2) is 6.43. The van der Waals surface area contributed by atoms with E-state index in [1.54, 1.807) is 0 Å². The van der Waals surface area contributed by atoms with Crippen LogP contribution in [0.25, 0.3) is 0 Å². The van der Waals surface area contributed by atoms with Crippen molar-refractivity contribution in [2.75, 3.05) is 6.54 Å². The number of carbonyl (C=O) groups is 1. The molecule has 0 spiro atoms. The van der Waals surface area contributed by atoms with Crippen LogP contribution in [-0.2, 0) is 6.54 Å². The SMILES string of the molecule is CCN(Cc1ccccc1)C(=O)NC1CCCC1. The van der Waals surface area contributed by atoms with Crippen molar-refractivity contribution < 1.29 is 4.79 Å². The summed E-state index contributed by atoms with van der Waals surface area (Å²) in [6.45, 7) is 3.46. The molecule has 3 nitrogen and oxygen atoms in total. The Morgan fingerprint density at radius 1 is 1.28 bits per heavy atom. The molecule has 0 aromatic heterocycles. The lowest BCUT2D eigenvalue weighted by atomic mass is 10.2. The molecule has 18 heavy (non-hydrogen) atoms. The number of urea groups is 1. The number of nitrogens with one attached hydrogen (secondary N) is 1. The highest BCUT2D eigenvalue weighted by atomic mass is 16.2. The first-order valence-corrected chi connectivity index (χ1v) is 6.89. The Labute approximate surface area is 109 Å². The van der Waals surface area contributed by atoms with Crippen LogP contribution in [0.15, 0.2) is 30.3 Å². The fourth-order valence-corrected chi connectivity index (χ4v) is 2.47. The van der Waals surface area contributed by atoms with E-state index >= 15 is 0 Å². The van der Waals surface area contributed by atoms with Gasteiger partial charge in [0.25, 0.3) is 0 Å². The quantitative estimate of drug-likeness (QED) is 0.869. The van der Waals surface area contributed by atoms with Crippen LogP contribution in [0.5, 0.6) is 0 Å². The first-order valence-electron chi connectivity index (χ1n) is 6.89. The minimum Gasteiger partial charge on any atom is -0.335 e. The number of nitrogens with zero attached hydrogens (tertiary/aromatic N) is 1. The van der Waals surface area contributed by atoms with Crippen LogP contribution >= 0.6 is 0 Å². The second-order valence-electron chi connectivity index (χ2n) is 4.93. The van der Waals surface area contributed by atoms with Gasteiger partial charge < -0.3 is 10.2 Å². The van der Waals surface area contributed by atoms with Gasteiger partial charge in [-0.05, 0) is 25.3 Å². The highest BCUT2D eigenvalue weighted by Gasteiger charge is 2.20. The molecule has 0 saturated heterocycles. The smallest absolute Gasteiger partial charge is 0.317 e. The van der Waals surface area contributed by atoms with Crippen molar-refractivity contribution in [3.8, 4) is 0 Å². The van der Waals surface area contributed by atoms with E-state index in [1.165, 1.54) is 18.4 Å². The zero-order valence-corrected chi connectivity index (χ0v) is 11.1. The number of amides is 2. The molecule has 0 aliphatic heterocycles. The fourth-order valence-electron chi connectivity index (χ4n) is 2.47. The lowest BCUT2D eigenvalue weighted by molar-refractivity contribution is 0.194. The zero-order chi connectivity index (χ0) is 12.8. The third-order valence-corrected chi connectivity index (χ3v) is 3.57. The third kappa shape index (κ3) is 3.49. The lowest BCUT2D eigenvalue weighted by Gasteiger charge is -2.23. The van der Waals surface area contributed by atoms with Crippen LogP contribution < -0.4 is 5.32 Å². The van der Waals surface area contributed by atoms with Gasteiger partial charge in [-0.2, -0.15) is 0 Å². The minimum absolute atomic E-state index is 0.0771. The van der Waals surface area contributed by atoms with E-state index in [4.69, 9.17) is 0 Å². The summed E-state index contributed by atoms with van der Waals surface area (Å²) in [5.41, 5.74) is 1.18. The molecule has 1 N–H and O–H groups in total. The van der Waals surface area contributed by atoms with Crippen molar-refractivity contribution in [1.82, 2.24) is 10.2 Å². The van der Waals surface area contributed by atoms with E-state index in [-0.39, 0.29) is 6.03 Å². The van der Waals surface area contributed by atoms with Crippen molar-refractivity contribution in [3.63, 3.8) is 0 Å². The molecule has 0 heterocycles. The summed E-state index contributed by atoms with van der Waals surface area (Å²) in [6.07, 6.45) is 4.76. The highest BCUT2D eigenvalue weighted by Crippen LogP contribution is 2.18. The monoisotopic (exact) mass is 246 g/mol. The minimum atomic E-state index is 0.0771. The lowest BCUT2D eigenvalue weighted by Crippen LogP contribution is -2.43. The average Bonchev–Trinajstić information content (AvgIpc) is 2.90. The van der Waals surface area contributed by atoms with Crippen molar-refractivity contribution in [2.45, 2.75) is 45.2 Å². The molecule has 1 aliphatic rings. The molecule has 1 saturated carbocycles. The number of benzene rings is 1. The maximum atomic E-state index is 12.1. The molecule has 1 aromatic carbocycles. The van der Waals surface area contributed by atoms with Gasteiger partial charge in [-0.1, -0.05) is 43.2 Å². The van der Waals surface area contributed by atoms with Gasteiger partial charge in [-0.15, -0.1) is 0 Å². The molecular formula is C15H22N2O. The Balaban J connectivity index is 1.89. The molecule has 2 amide bonds. The molecular weight excluding hydrogens is 224 g/mol. The summed E-state index contributed by atoms with van der Waals surface area (Å²) in [5.74, 6) is 0. The van der Waals surface area contributed by atoms with Gasteiger partial charge in [-0.3, -0.25) is 0 Å². The number of hydrogen-bond donors (Lipinski definition) is 1. The predicted octanol–water partition coefficient (Wildman–Crippen LogP) is 3.16. The van der Waals surface area contributed by atoms with E-state index < -0.39 is 0 Å². The predicted molar refractivity (Wildman–Crippen MR) is 73.3 cm³/mol. The van der Waals surface area contributed by atoms with Gasteiger partial charge in [0.2, 0.25) is 0 Å². The Bertz CT molecular complexity index is 371. The van der Waals surface area contributed by atoms with Crippen LogP contribution in [0.3, 0.4) is 0 Å². The topological polar surface area (TPSA) is 32.3 Å². The van der Waals surface area contributed by atoms with Gasteiger partial charge in [0.15, 0.2) is 0 Å². The summed E-state index contributed by atoms with van der Waals surface area (Å²) >= 11 is 0. The van der Waals surface area contributed by atoms with Gasteiger partial charge >= 0.3 is 6.03 Å². The molecule has 2 rings (SSSR count). The van der Waals surface area contributed by atoms with Crippen LogP contribution in [0.2, 0.25) is 0 Å². The van der Waals surface area contributed by atoms with E-state index in [2.05, 4.69) is 17.4 Å². The summed E-state index contributed by atoms with van der Waals surface area (Å²) in [6, 6.07) is 10.6. The standard InChI is InChI=1S/C15H22N2O/c1-2-17(12-13-8-4-3-5-9-13)15(18)16-14-10-6-7-11-14/h3-5,8-9,14H,2,6-7,10-12H2,1H3,(H,16,18). The third-order valence-electron chi connectivity index (χ3n) is 3.57. The summed E-state index contributed by atoms with van der Waals surface area (Å²) in [4.78, 5) is 14.0. The molecule has 1 aromatic rings. The summed E-state index contributed by atoms with van der Waals surface area (Å²) in [7, 11) is 0. The van der Waals surface area contributed by atoms with E-state index in [0.717, 1.165) is 19.4 Å². The molecule has 0 unspecified atom stereocenters. The first kappa shape index (κ1) is 12.9. The molecule has 0 atom stereocenters. The molecule has 1 aliphatic carbocycles. The first-order chi connectivity index (χ1) is 8.79. The largest absolute Gasteiger partial charge is 0.335 e. The van der Waals surface area contributed by atoms with Crippen LogP contribution in [-0.4, -0.2) is 23.5 Å². The van der Waals surface area contributed by atoms with Crippen molar-refractivity contribution in [2.24, 2.45) is 0 Å². The normalized spacial score (nSPS) is 15.6. The van der Waals surface area contributed by atoms with E-state index in [1.807, 2.05) is 30.0 Å². The summed E-state index contributed by atoms with van der Waals surface area (Å²) < 4.78 is 0. The van der Waals surface area contributed by atoms with Gasteiger partial charge in [-0.25, -0.2) is 4.79 Å². The summed E-state index contributed by atoms with van der Waals surface area (Å²) in [5, 5.41) is 3.14. The van der Waals surface area contributed by atoms with E-state index in [9.17, 15) is 4.79 Å². The zero-order valence-electron chi connectivity index (χ0n) is 11.1. The second-order valence-corrected chi connectivity index (χ2v) is 4.93. The van der Waals surface area contributed by atoms with Gasteiger partial charge in [0.05, 0.1) is 0 Å². The fraction of sp³-hybridized carbons (Fsp3) is 0.533. The van der Waals surface area contributed by atoms with Crippen molar-refractivity contribution >= 4 is 6.03 Å². The number of rotatable bonds is 4. The number of hydrogen-bond acceptors (Lipinski definition) is 1. The maximum Gasteiger partial charge on any atom is 0.317 e. The highest BCUT2D eigenvalue weighted by molar-refractivity contribution is 5.74. The van der Waals surface area contributed by atoms with Crippen LogP contribution in [0.4, 0.5) is 4.79 Å². The average molecular weight is 246 g/mol. The molecule has 0 radical (unpaired) electrons. The van der Waals surface area contributed by atoms with Crippen LogP contribution in [0.1, 0.15) is 38.2 Å². The van der Waals surface area contributed by atoms with Crippen molar-refractivity contribution in [3.05, 3.63) is 35.9 Å². The van der Waals surface area contributed by atoms with Gasteiger partial charge in [0.1, 0.15) is 0 Å². The molecule has 3 heteroatoms. The Morgan fingerprint density at radius 3 is 2.56 bits per heavy atom. The maximum absolute atomic E-state index is 12.1. The Morgan fingerprint density at radius 2 is 1.94 bits per heavy atom. The Kier molecular flexibility index (Phi) is 4.62. The van der Waals surface area contributed by atoms with Crippen molar-refractivity contribution in [1.29, 1.82) is 0 Å². The molecule has 1 fully saturated rings. The Hall–Kier alpha value is -1.51. The van der Waals surface area contributed by atoms with Gasteiger partial charge in [0, 0.05) is 19.1 Å². The molecule has 98 valence electrons. The van der Waals surface area contributed by atoms with Crippen LogP contribution in [0, 0.1) is 0 Å². The molecule has 0 bridgehead atoms.